The normalized spacial score (nSPS) is 16.9. The number of fused-ring (bicyclic) bond motifs is 4. The molecule has 2 heteroatoms. The Labute approximate surface area is 156 Å². The van der Waals surface area contributed by atoms with Gasteiger partial charge in [0.1, 0.15) is 0 Å². The van der Waals surface area contributed by atoms with Crippen LogP contribution >= 0.6 is 23.5 Å². The summed E-state index contributed by atoms with van der Waals surface area (Å²) in [5.41, 5.74) is 1.53. The highest BCUT2D eigenvalue weighted by Crippen LogP contribution is 2.49. The molecule has 0 saturated carbocycles. The monoisotopic (exact) mass is 358 g/mol. The number of rotatable bonds is 2. The Hall–Kier alpha value is -1.90. The standard InChI is InChI=1S/C23H18S2/c1-3-9-18-16(6-1)8-5-11-20(18)25-22-14-15-24-21-13-12-17-7-2-4-10-19(17)23(21)22/h1-13,22H,14-15H2. The minimum Gasteiger partial charge on any atom is -0.126 e. The number of hydrogen-bond donors (Lipinski definition) is 0. The molecule has 122 valence electrons. The van der Waals surface area contributed by atoms with E-state index in [1.807, 2.05) is 23.5 Å². The molecule has 4 aromatic rings. The SMILES string of the molecule is c1ccc2c(SC3CCSc4ccc5ccccc5c43)cccc2c1. The molecule has 0 nitrogen and oxygen atoms in total. The Morgan fingerprint density at radius 3 is 2.32 bits per heavy atom. The zero-order chi connectivity index (χ0) is 16.6. The Balaban J connectivity index is 1.64. The highest BCUT2D eigenvalue weighted by molar-refractivity contribution is 8.01. The van der Waals surface area contributed by atoms with E-state index in [1.54, 1.807) is 0 Å². The average Bonchev–Trinajstić information content (AvgIpc) is 2.68. The predicted octanol–water partition coefficient (Wildman–Crippen LogP) is 7.32. The minimum atomic E-state index is 0.521. The fraction of sp³-hybridized carbons (Fsp3) is 0.130. The van der Waals surface area contributed by atoms with Gasteiger partial charge in [-0.1, -0.05) is 66.7 Å². The van der Waals surface area contributed by atoms with Gasteiger partial charge in [0.15, 0.2) is 0 Å². The smallest absolute Gasteiger partial charge is 0.0369 e. The van der Waals surface area contributed by atoms with Crippen LogP contribution in [-0.4, -0.2) is 5.75 Å². The minimum absolute atomic E-state index is 0.521. The maximum absolute atomic E-state index is 2.32. The fourth-order valence-corrected chi connectivity index (χ4v) is 6.48. The molecular formula is C23H18S2. The first-order chi connectivity index (χ1) is 12.4. The molecule has 0 spiro atoms. The third kappa shape index (κ3) is 2.74. The van der Waals surface area contributed by atoms with Gasteiger partial charge >= 0.3 is 0 Å². The van der Waals surface area contributed by atoms with E-state index in [1.165, 1.54) is 49.1 Å². The first-order valence-corrected chi connectivity index (χ1v) is 10.6. The second kappa shape index (κ2) is 6.44. The van der Waals surface area contributed by atoms with E-state index in [0.717, 1.165) is 0 Å². The van der Waals surface area contributed by atoms with Crippen LogP contribution in [0, 0.1) is 0 Å². The van der Waals surface area contributed by atoms with Crippen LogP contribution in [0.25, 0.3) is 21.5 Å². The van der Waals surface area contributed by atoms with Crippen LogP contribution in [0.15, 0.2) is 88.7 Å². The summed E-state index contributed by atoms with van der Waals surface area (Å²) in [5, 5.41) is 6.00. The van der Waals surface area contributed by atoms with Crippen molar-refractivity contribution in [1.82, 2.24) is 0 Å². The first kappa shape index (κ1) is 15.4. The molecule has 4 aromatic carbocycles. The molecule has 1 heterocycles. The Kier molecular flexibility index (Phi) is 3.95. The molecule has 25 heavy (non-hydrogen) atoms. The van der Waals surface area contributed by atoms with Crippen molar-refractivity contribution >= 4 is 45.1 Å². The van der Waals surface area contributed by atoms with Crippen molar-refractivity contribution in [3.8, 4) is 0 Å². The second-order valence-corrected chi connectivity index (χ2v) is 8.80. The van der Waals surface area contributed by atoms with Crippen molar-refractivity contribution in [3.63, 3.8) is 0 Å². The van der Waals surface area contributed by atoms with Crippen molar-refractivity contribution in [3.05, 3.63) is 84.4 Å². The van der Waals surface area contributed by atoms with E-state index in [0.29, 0.717) is 5.25 Å². The summed E-state index contributed by atoms with van der Waals surface area (Å²) in [7, 11) is 0. The topological polar surface area (TPSA) is 0 Å². The lowest BCUT2D eigenvalue weighted by Gasteiger charge is -2.26. The molecule has 0 fully saturated rings. The summed E-state index contributed by atoms with van der Waals surface area (Å²) < 4.78 is 0. The van der Waals surface area contributed by atoms with Gasteiger partial charge in [-0.2, -0.15) is 0 Å². The van der Waals surface area contributed by atoms with E-state index in [2.05, 4.69) is 78.9 Å². The van der Waals surface area contributed by atoms with Crippen LogP contribution in [0.1, 0.15) is 17.2 Å². The quantitative estimate of drug-likeness (QED) is 0.368. The van der Waals surface area contributed by atoms with Gasteiger partial charge in [-0.15, -0.1) is 23.5 Å². The van der Waals surface area contributed by atoms with Crippen molar-refractivity contribution in [2.75, 3.05) is 5.75 Å². The van der Waals surface area contributed by atoms with Gasteiger partial charge in [0.25, 0.3) is 0 Å². The molecular weight excluding hydrogens is 340 g/mol. The van der Waals surface area contributed by atoms with E-state index < -0.39 is 0 Å². The second-order valence-electron chi connectivity index (χ2n) is 6.42. The average molecular weight is 359 g/mol. The zero-order valence-electron chi connectivity index (χ0n) is 13.8. The Morgan fingerprint density at radius 2 is 1.44 bits per heavy atom. The molecule has 0 N–H and O–H groups in total. The largest absolute Gasteiger partial charge is 0.126 e. The van der Waals surface area contributed by atoms with Crippen LogP contribution < -0.4 is 0 Å². The number of thioether (sulfide) groups is 2. The van der Waals surface area contributed by atoms with Crippen LogP contribution in [0.5, 0.6) is 0 Å². The van der Waals surface area contributed by atoms with Crippen LogP contribution in [-0.2, 0) is 0 Å². The van der Waals surface area contributed by atoms with Gasteiger partial charge < -0.3 is 0 Å². The maximum atomic E-state index is 2.32. The van der Waals surface area contributed by atoms with Gasteiger partial charge in [0, 0.05) is 15.0 Å². The van der Waals surface area contributed by atoms with Gasteiger partial charge in [0.2, 0.25) is 0 Å². The summed E-state index contributed by atoms with van der Waals surface area (Å²) in [5.74, 6) is 1.20. The molecule has 5 rings (SSSR count). The molecule has 0 bridgehead atoms. The molecule has 0 saturated heterocycles. The van der Waals surface area contributed by atoms with Crippen molar-refractivity contribution < 1.29 is 0 Å². The number of benzene rings is 4. The van der Waals surface area contributed by atoms with Crippen LogP contribution in [0.3, 0.4) is 0 Å². The van der Waals surface area contributed by atoms with Crippen molar-refractivity contribution in [2.45, 2.75) is 21.5 Å². The third-order valence-electron chi connectivity index (χ3n) is 4.91. The highest BCUT2D eigenvalue weighted by atomic mass is 32.2. The zero-order valence-corrected chi connectivity index (χ0v) is 15.4. The number of hydrogen-bond acceptors (Lipinski definition) is 2. The third-order valence-corrected chi connectivity index (χ3v) is 7.38. The summed E-state index contributed by atoms with van der Waals surface area (Å²) in [6, 6.07) is 28.8. The summed E-state index contributed by atoms with van der Waals surface area (Å²) in [4.78, 5) is 2.86. The molecule has 1 atom stereocenters. The highest BCUT2D eigenvalue weighted by Gasteiger charge is 2.24. The van der Waals surface area contributed by atoms with E-state index in [4.69, 9.17) is 0 Å². The fourth-order valence-electron chi connectivity index (χ4n) is 3.72. The molecule has 1 unspecified atom stereocenters. The van der Waals surface area contributed by atoms with Gasteiger partial charge in [-0.05, 0) is 51.4 Å². The maximum Gasteiger partial charge on any atom is 0.0369 e. The lowest BCUT2D eigenvalue weighted by molar-refractivity contribution is 0.875. The molecule has 1 aliphatic heterocycles. The molecule has 1 aliphatic rings. The van der Waals surface area contributed by atoms with E-state index in [9.17, 15) is 0 Å². The first-order valence-electron chi connectivity index (χ1n) is 8.69. The van der Waals surface area contributed by atoms with Gasteiger partial charge in [-0.25, -0.2) is 0 Å². The van der Waals surface area contributed by atoms with E-state index in [-0.39, 0.29) is 0 Å². The molecule has 0 amide bonds. The van der Waals surface area contributed by atoms with E-state index >= 15 is 0 Å². The lowest BCUT2D eigenvalue weighted by atomic mass is 10.0. The van der Waals surface area contributed by atoms with Gasteiger partial charge in [-0.3, -0.25) is 0 Å². The molecule has 0 aliphatic carbocycles. The molecule has 0 radical (unpaired) electrons. The van der Waals surface area contributed by atoms with Crippen molar-refractivity contribution in [2.24, 2.45) is 0 Å². The van der Waals surface area contributed by atoms with Crippen LogP contribution in [0.4, 0.5) is 0 Å². The summed E-state index contributed by atoms with van der Waals surface area (Å²) in [6.07, 6.45) is 1.22. The van der Waals surface area contributed by atoms with Crippen LogP contribution in [0.2, 0.25) is 0 Å². The van der Waals surface area contributed by atoms with Crippen molar-refractivity contribution in [1.29, 1.82) is 0 Å². The Morgan fingerprint density at radius 1 is 0.720 bits per heavy atom. The summed E-state index contributed by atoms with van der Waals surface area (Å²) in [6.45, 7) is 0. The van der Waals surface area contributed by atoms with Gasteiger partial charge in [0.05, 0.1) is 0 Å². The molecule has 0 aromatic heterocycles. The Bertz CT molecular complexity index is 1060. The summed E-state index contributed by atoms with van der Waals surface area (Å²) >= 11 is 4.05. The predicted molar refractivity (Wildman–Crippen MR) is 112 cm³/mol. The lowest BCUT2D eigenvalue weighted by Crippen LogP contribution is -2.05.